The van der Waals surface area contributed by atoms with Crippen molar-refractivity contribution in [1.82, 2.24) is 0 Å². The van der Waals surface area contributed by atoms with Gasteiger partial charge in [0.25, 0.3) is 0 Å². The quantitative estimate of drug-likeness (QED) is 0.437. The van der Waals surface area contributed by atoms with Gasteiger partial charge < -0.3 is 18.9 Å². The fourth-order valence-electron chi connectivity index (χ4n) is 4.18. The molecular formula is C20H26O6. The summed E-state index contributed by atoms with van der Waals surface area (Å²) in [6, 6.07) is 0. The fraction of sp³-hybridized carbons (Fsp3) is 0.600. The lowest BCUT2D eigenvalue weighted by Gasteiger charge is -2.30. The Balaban J connectivity index is 2.04. The third-order valence-electron chi connectivity index (χ3n) is 5.43. The van der Waals surface area contributed by atoms with Crippen LogP contribution in [0.3, 0.4) is 0 Å². The molecule has 3 aliphatic heterocycles. The first kappa shape index (κ1) is 18.9. The van der Waals surface area contributed by atoms with E-state index in [9.17, 15) is 9.59 Å². The maximum absolute atomic E-state index is 12.2. The maximum atomic E-state index is 12.2. The summed E-state index contributed by atoms with van der Waals surface area (Å²) in [4.78, 5) is 24.4. The summed E-state index contributed by atoms with van der Waals surface area (Å²) in [5.74, 6) is -2.19. The Labute approximate surface area is 153 Å². The number of methoxy groups -OCH3 is 1. The van der Waals surface area contributed by atoms with E-state index in [1.807, 2.05) is 19.9 Å². The van der Waals surface area contributed by atoms with Crippen LogP contribution in [0, 0.1) is 11.8 Å². The van der Waals surface area contributed by atoms with Crippen LogP contribution in [0.25, 0.3) is 0 Å². The van der Waals surface area contributed by atoms with Crippen LogP contribution in [-0.4, -0.2) is 43.1 Å². The Kier molecular flexibility index (Phi) is 4.84. The third-order valence-corrected chi connectivity index (χ3v) is 5.43. The summed E-state index contributed by atoms with van der Waals surface area (Å²) < 4.78 is 23.2. The zero-order chi connectivity index (χ0) is 19.2. The summed E-state index contributed by atoms with van der Waals surface area (Å²) >= 11 is 0. The zero-order valence-electron chi connectivity index (χ0n) is 15.7. The van der Waals surface area contributed by atoms with Crippen molar-refractivity contribution < 1.29 is 28.5 Å². The Morgan fingerprint density at radius 2 is 2.08 bits per heavy atom. The number of fused-ring (bicyclic) bond motifs is 4. The summed E-state index contributed by atoms with van der Waals surface area (Å²) in [5, 5.41) is 0. The van der Waals surface area contributed by atoms with Crippen LogP contribution in [0.2, 0.25) is 0 Å². The van der Waals surface area contributed by atoms with Gasteiger partial charge in [-0.15, -0.1) is 0 Å². The number of rotatable bonds is 3. The van der Waals surface area contributed by atoms with Crippen molar-refractivity contribution in [2.75, 3.05) is 7.11 Å². The highest BCUT2D eigenvalue weighted by Gasteiger charge is 2.56. The van der Waals surface area contributed by atoms with Crippen LogP contribution in [0.5, 0.6) is 0 Å². The molecule has 0 aromatic rings. The molecule has 142 valence electrons. The van der Waals surface area contributed by atoms with Gasteiger partial charge in [0.15, 0.2) is 5.79 Å². The van der Waals surface area contributed by atoms with Gasteiger partial charge in [0.05, 0.1) is 5.92 Å². The largest absolute Gasteiger partial charge is 0.458 e. The number of esters is 2. The van der Waals surface area contributed by atoms with Gasteiger partial charge in [-0.25, -0.2) is 9.59 Å². The van der Waals surface area contributed by atoms with E-state index < -0.39 is 35.9 Å². The molecule has 0 saturated carbocycles. The van der Waals surface area contributed by atoms with Gasteiger partial charge >= 0.3 is 11.9 Å². The van der Waals surface area contributed by atoms with Crippen LogP contribution < -0.4 is 0 Å². The highest BCUT2D eigenvalue weighted by molar-refractivity contribution is 5.91. The normalized spacial score (nSPS) is 41.2. The van der Waals surface area contributed by atoms with Crippen molar-refractivity contribution in [3.05, 3.63) is 36.0 Å². The lowest BCUT2D eigenvalue weighted by Crippen LogP contribution is -2.42. The standard InChI is InChI=1S/C20H26O6/c1-10(2)18(21)24-14-7-11(3)8-20(23-6)9-12(4)16(26-20)17-15(14)13(5)19(22)25-17/h8,12,14-17H,1,5,7,9H2,2-4,6H3/b11-8-/t12-,14-,15+,16-,17-,20-/m0/s1. The third kappa shape index (κ3) is 3.12. The minimum Gasteiger partial charge on any atom is -0.458 e. The molecule has 6 nitrogen and oxygen atoms in total. The number of hydrogen-bond acceptors (Lipinski definition) is 6. The molecule has 2 bridgehead atoms. The SMILES string of the molecule is C=C(C)C(=O)O[C@H]1C/C(C)=C\[C@@]2(OC)C[C@H](C)[C@H](O2)[C@H]2OC(=O)C(=C)[C@@H]21. The van der Waals surface area contributed by atoms with E-state index in [0.717, 1.165) is 5.57 Å². The molecule has 6 heteroatoms. The van der Waals surface area contributed by atoms with E-state index >= 15 is 0 Å². The minimum absolute atomic E-state index is 0.0980. The van der Waals surface area contributed by atoms with Crippen molar-refractivity contribution in [2.24, 2.45) is 11.8 Å². The first-order valence-corrected chi connectivity index (χ1v) is 8.85. The number of ether oxygens (including phenoxy) is 4. The summed E-state index contributed by atoms with van der Waals surface area (Å²) in [6.07, 6.45) is 1.53. The average Bonchev–Trinajstić information content (AvgIpc) is 3.04. The smallest absolute Gasteiger partial charge is 0.334 e. The monoisotopic (exact) mass is 362 g/mol. The first-order valence-electron chi connectivity index (χ1n) is 8.85. The molecule has 0 aromatic heterocycles. The van der Waals surface area contributed by atoms with Gasteiger partial charge in [-0.1, -0.05) is 25.7 Å². The second-order valence-corrected chi connectivity index (χ2v) is 7.62. The Hall–Kier alpha value is -1.92. The molecule has 3 rings (SSSR count). The van der Waals surface area contributed by atoms with Crippen molar-refractivity contribution in [3.8, 4) is 0 Å². The molecule has 2 saturated heterocycles. The zero-order valence-corrected chi connectivity index (χ0v) is 15.7. The topological polar surface area (TPSA) is 71.1 Å². The van der Waals surface area contributed by atoms with E-state index in [0.29, 0.717) is 24.0 Å². The Morgan fingerprint density at radius 1 is 1.38 bits per heavy atom. The second-order valence-electron chi connectivity index (χ2n) is 7.62. The van der Waals surface area contributed by atoms with Crippen molar-refractivity contribution >= 4 is 11.9 Å². The molecule has 0 unspecified atom stereocenters. The van der Waals surface area contributed by atoms with Crippen LogP contribution >= 0.6 is 0 Å². The number of carbonyl (C=O) groups excluding carboxylic acids is 2. The second kappa shape index (κ2) is 6.67. The van der Waals surface area contributed by atoms with E-state index in [1.165, 1.54) is 0 Å². The van der Waals surface area contributed by atoms with Crippen molar-refractivity contribution in [2.45, 2.75) is 57.7 Å². The van der Waals surface area contributed by atoms with Gasteiger partial charge in [-0.2, -0.15) is 0 Å². The van der Waals surface area contributed by atoms with Gasteiger partial charge in [0.2, 0.25) is 0 Å². The van der Waals surface area contributed by atoms with E-state index in [1.54, 1.807) is 14.0 Å². The molecular weight excluding hydrogens is 336 g/mol. The molecule has 0 aliphatic carbocycles. The Morgan fingerprint density at radius 3 is 2.69 bits per heavy atom. The predicted octanol–water partition coefficient (Wildman–Crippen LogP) is 2.69. The molecule has 6 atom stereocenters. The molecule has 0 spiro atoms. The molecule has 0 aromatic carbocycles. The van der Waals surface area contributed by atoms with Crippen molar-refractivity contribution in [3.63, 3.8) is 0 Å². The summed E-state index contributed by atoms with van der Waals surface area (Å²) in [7, 11) is 1.60. The average molecular weight is 362 g/mol. The fourth-order valence-corrected chi connectivity index (χ4v) is 4.18. The molecule has 0 N–H and O–H groups in total. The molecule has 3 heterocycles. The van der Waals surface area contributed by atoms with Crippen LogP contribution in [-0.2, 0) is 28.5 Å². The minimum atomic E-state index is -0.859. The van der Waals surface area contributed by atoms with E-state index in [-0.39, 0.29) is 12.0 Å². The maximum Gasteiger partial charge on any atom is 0.334 e. The number of hydrogen-bond donors (Lipinski definition) is 0. The van der Waals surface area contributed by atoms with Gasteiger partial charge in [-0.05, 0) is 25.8 Å². The lowest BCUT2D eigenvalue weighted by atomic mass is 9.81. The van der Waals surface area contributed by atoms with Gasteiger partial charge in [-0.3, -0.25) is 0 Å². The first-order chi connectivity index (χ1) is 12.2. The summed E-state index contributed by atoms with van der Waals surface area (Å²) in [6.45, 7) is 13.1. The van der Waals surface area contributed by atoms with Crippen LogP contribution in [0.15, 0.2) is 36.0 Å². The van der Waals surface area contributed by atoms with Crippen LogP contribution in [0.4, 0.5) is 0 Å². The van der Waals surface area contributed by atoms with Crippen molar-refractivity contribution in [1.29, 1.82) is 0 Å². The summed E-state index contributed by atoms with van der Waals surface area (Å²) in [5.41, 5.74) is 1.57. The molecule has 0 radical (unpaired) electrons. The van der Waals surface area contributed by atoms with E-state index in [2.05, 4.69) is 13.2 Å². The molecule has 3 aliphatic rings. The highest BCUT2D eigenvalue weighted by atomic mass is 16.7. The molecule has 26 heavy (non-hydrogen) atoms. The van der Waals surface area contributed by atoms with Gasteiger partial charge in [0.1, 0.15) is 18.3 Å². The molecule has 2 fully saturated rings. The van der Waals surface area contributed by atoms with Crippen LogP contribution in [0.1, 0.15) is 33.6 Å². The van der Waals surface area contributed by atoms with E-state index in [4.69, 9.17) is 18.9 Å². The lowest BCUT2D eigenvalue weighted by molar-refractivity contribution is -0.202. The predicted molar refractivity (Wildman–Crippen MR) is 94.0 cm³/mol. The molecule has 0 amide bonds. The Bertz CT molecular complexity index is 692. The van der Waals surface area contributed by atoms with Gasteiger partial charge in [0, 0.05) is 31.1 Å². The number of carbonyl (C=O) groups is 2. The highest BCUT2D eigenvalue weighted by Crippen LogP contribution is 2.47.